The van der Waals surface area contributed by atoms with Crippen LogP contribution in [0.2, 0.25) is 0 Å². The van der Waals surface area contributed by atoms with E-state index in [2.05, 4.69) is 0 Å². The predicted octanol–water partition coefficient (Wildman–Crippen LogP) is -8.48. The molecule has 0 spiro atoms. The Kier molecular flexibility index (Phi) is 114. The fraction of sp³-hybridized carbons (Fsp3) is 0. The Labute approximate surface area is 319 Å². The molecule has 0 aliphatic carbocycles. The van der Waals surface area contributed by atoms with E-state index in [4.69, 9.17) is 57.7 Å². The van der Waals surface area contributed by atoms with Gasteiger partial charge in [0.2, 0.25) is 0 Å². The van der Waals surface area contributed by atoms with E-state index in [0.29, 0.717) is 0 Å². The molecule has 12 nitrogen and oxygen atoms in total. The Morgan fingerprint density at radius 3 is 0.348 bits per heavy atom. The first-order valence-electron chi connectivity index (χ1n) is 2.19. The number of hydrogen-bond donors (Lipinski definition) is 0. The summed E-state index contributed by atoms with van der Waals surface area (Å²) in [5.74, 6) is 0. The summed E-state index contributed by atoms with van der Waals surface area (Å²) >= 11 is 0. The van der Waals surface area contributed by atoms with Gasteiger partial charge in [0.25, 0.3) is 0 Å². The van der Waals surface area contributed by atoms with Crippen LogP contribution in [0.1, 0.15) is 0 Å². The van der Waals surface area contributed by atoms with Crippen molar-refractivity contribution in [1.29, 1.82) is 0 Å². The van der Waals surface area contributed by atoms with Gasteiger partial charge in [-0.3, -0.25) is 0 Å². The van der Waals surface area contributed by atoms with E-state index in [1.807, 2.05) is 0 Å². The second-order valence-electron chi connectivity index (χ2n) is 1.34. The van der Waals surface area contributed by atoms with Crippen LogP contribution in [0.25, 0.3) is 0 Å². The minimum Gasteiger partial charge on any atom is -2.00 e. The van der Waals surface area contributed by atoms with Crippen LogP contribution in [0.4, 0.5) is 0 Å². The van der Waals surface area contributed by atoms with Crippen molar-refractivity contribution in [3.05, 3.63) is 0 Å². The van der Waals surface area contributed by atoms with Crippen molar-refractivity contribution in [3.8, 4) is 0 Å². The minimum atomic E-state index is -5.39. The van der Waals surface area contributed by atoms with Gasteiger partial charge in [0.05, 0.1) is 0 Å². The molecule has 0 aromatic carbocycles. The van der Waals surface area contributed by atoms with Gasteiger partial charge in [-0.2, -0.15) is 23.5 Å². The van der Waals surface area contributed by atoms with Crippen LogP contribution in [-0.2, 0) is 54.2 Å². The van der Waals surface area contributed by atoms with Gasteiger partial charge in [0.1, 0.15) is 0 Å². The van der Waals surface area contributed by atoms with Crippen LogP contribution in [-0.4, -0.2) is 0 Å². The van der Waals surface area contributed by atoms with Crippen molar-refractivity contribution in [1.82, 2.24) is 0 Å². The first-order valence-corrected chi connectivity index (χ1v) is 6.57. The summed E-state index contributed by atoms with van der Waals surface area (Å²) < 4.78 is 25.6. The molecule has 0 aromatic rings. The van der Waals surface area contributed by atoms with Gasteiger partial charge in [-0.05, 0) is 0 Å². The van der Waals surface area contributed by atoms with Gasteiger partial charge >= 0.3 is 206 Å². The van der Waals surface area contributed by atoms with E-state index in [0.717, 1.165) is 0 Å². The topological polar surface area (TPSA) is 259 Å². The van der Waals surface area contributed by atoms with Crippen LogP contribution in [0.3, 0.4) is 0 Å². The molecule has 0 fully saturated rings. The van der Waals surface area contributed by atoms with E-state index < -0.39 is 23.5 Å². The first-order chi connectivity index (χ1) is 6.00. The molecule has 0 N–H and O–H groups in total. The normalized spacial score (nSPS) is 7.70. The summed E-state index contributed by atoms with van der Waals surface area (Å²) in [4.78, 5) is 76.9. The molecule has 0 bridgehead atoms. The smallest absolute Gasteiger partial charge is 2.00 e. The molecule has 23 heavy (non-hydrogen) atoms. The maximum atomic E-state index is 8.55. The average Bonchev–Trinajstić information content (AvgIpc) is 1.41. The Morgan fingerprint density at radius 1 is 0.348 bits per heavy atom. The van der Waals surface area contributed by atoms with E-state index >= 15 is 0 Å². The summed E-state index contributed by atoms with van der Waals surface area (Å²) in [5.41, 5.74) is 0. The van der Waals surface area contributed by atoms with Gasteiger partial charge in [-0.1, -0.05) is 0 Å². The van der Waals surface area contributed by atoms with E-state index in [9.17, 15) is 0 Å². The molecular formula is O12P3Pr5S3. The molecular weight excluding hydrogens is 1090 g/mol. The van der Waals surface area contributed by atoms with E-state index in [1.54, 1.807) is 0 Å². The fourth-order valence-corrected chi connectivity index (χ4v) is 0. The number of rotatable bonds is 0. The van der Waals surface area contributed by atoms with Crippen molar-refractivity contribution in [3.63, 3.8) is 0 Å². The number of hydrogen-bond acceptors (Lipinski definition) is 12. The Morgan fingerprint density at radius 2 is 0.348 bits per heavy atom. The monoisotopic (exact) mass is 1090 g/mol. The zero-order valence-corrected chi connectivity index (χ0v) is 34.0. The van der Waals surface area contributed by atoms with Crippen molar-refractivity contribution in [2.45, 2.75) is 0 Å². The zero-order valence-electron chi connectivity index (χ0n) is 10.4. The molecule has 0 unspecified atom stereocenters. The van der Waals surface area contributed by atoms with Crippen molar-refractivity contribution in [2.75, 3.05) is 0 Å². The standard InChI is InChI=1S/3H3O4P.5Pr.3S/c3*1-5(2,3)4;;;;;;;;/h3*(H3,1,2,3,4);;;;;;;;/q;;;5*+3;3*-2/p-9. The maximum absolute atomic E-state index is 8.55. The molecule has 0 saturated heterocycles. The van der Waals surface area contributed by atoms with Crippen molar-refractivity contribution in [2.24, 2.45) is 0 Å². The molecule has 0 aliphatic heterocycles. The number of phosphoric acid groups is 3. The second kappa shape index (κ2) is 37.5. The molecule has 0 amide bonds. The van der Waals surface area contributed by atoms with Gasteiger partial charge in [0.15, 0.2) is 0 Å². The van der Waals surface area contributed by atoms with Crippen LogP contribution in [0, 0.1) is 206 Å². The third kappa shape index (κ3) is 357. The van der Waals surface area contributed by atoms with Gasteiger partial charge in [-0.15, -0.1) is 0 Å². The Hall–Kier alpha value is 8.20. The molecule has 0 radical (unpaired) electrons. The molecule has 23 heteroatoms. The second-order valence-corrected chi connectivity index (χ2v) is 4.02. The van der Waals surface area contributed by atoms with Crippen LogP contribution >= 0.6 is 23.5 Å². The molecule has 0 heterocycles. The molecule has 0 aliphatic rings. The molecule has 0 aromatic heterocycles. The SMILES string of the molecule is O=P([O-])([O-])[O-].O=P([O-])([O-])[O-].O=P([O-])([O-])[O-].[Pr+3].[Pr+3].[Pr+3].[Pr+3].[Pr+3].[S-2].[S-2].[S-2]. The predicted molar refractivity (Wildman–Crippen MR) is 44.9 cm³/mol. The van der Waals surface area contributed by atoms with Gasteiger partial charge in [0, 0.05) is 0 Å². The third-order valence-electron chi connectivity index (χ3n) is 0. The summed E-state index contributed by atoms with van der Waals surface area (Å²) in [6.45, 7) is 0. The van der Waals surface area contributed by atoms with Gasteiger partial charge in [-0.25, -0.2) is 0 Å². The van der Waals surface area contributed by atoms with Crippen LogP contribution < -0.4 is 44.0 Å². The zero-order chi connectivity index (χ0) is 13.5. The Balaban J connectivity index is -0.00000000889. The van der Waals surface area contributed by atoms with Crippen molar-refractivity contribution >= 4 is 64.0 Å². The first kappa shape index (κ1) is 69.7. The quantitative estimate of drug-likeness (QED) is 0.205. The molecule has 0 saturated carbocycles. The molecule has 0 atom stereocenters. The minimum absolute atomic E-state index is 0. The largest absolute Gasteiger partial charge is 3.00 e. The maximum Gasteiger partial charge on any atom is 3.00 e. The molecule has 0 rings (SSSR count). The Bertz CT molecular complexity index is 226. The van der Waals surface area contributed by atoms with Gasteiger partial charge < -0.3 is 98.2 Å². The summed E-state index contributed by atoms with van der Waals surface area (Å²) in [6.07, 6.45) is 0. The van der Waals surface area contributed by atoms with Crippen LogP contribution in [0.5, 0.6) is 0 Å². The van der Waals surface area contributed by atoms with E-state index in [-0.39, 0.29) is 247 Å². The summed E-state index contributed by atoms with van der Waals surface area (Å²) in [5, 5.41) is 0. The fourth-order valence-electron chi connectivity index (χ4n) is 0. The van der Waals surface area contributed by atoms with Crippen molar-refractivity contribution < 1.29 is 264 Å². The summed E-state index contributed by atoms with van der Waals surface area (Å²) in [7, 11) is -16.2. The molecule has 120 valence electrons. The summed E-state index contributed by atoms with van der Waals surface area (Å²) in [6, 6.07) is 0. The average molecular weight is 1090 g/mol. The third-order valence-corrected chi connectivity index (χ3v) is 0. The van der Waals surface area contributed by atoms with Crippen LogP contribution in [0.15, 0.2) is 0 Å². The van der Waals surface area contributed by atoms with E-state index in [1.165, 1.54) is 0 Å².